The van der Waals surface area contributed by atoms with Crippen molar-refractivity contribution in [3.05, 3.63) is 58.3 Å². The van der Waals surface area contributed by atoms with Crippen LogP contribution in [0.4, 0.5) is 0 Å². The Morgan fingerprint density at radius 2 is 1.88 bits per heavy atom. The van der Waals surface area contributed by atoms with Crippen LogP contribution < -0.4 is 11.1 Å². The van der Waals surface area contributed by atoms with Crippen LogP contribution in [0.3, 0.4) is 0 Å². The SMILES string of the molecule is COCC(=O)N1CC(N(Cc2ccccc2)Cc2cccs2)CC1C(=O)NC1CCC(N)CC1. The molecular formula is C26H36N4O3S. The number of hydrogen-bond acceptors (Lipinski definition) is 6. The quantitative estimate of drug-likeness (QED) is 0.572. The summed E-state index contributed by atoms with van der Waals surface area (Å²) in [7, 11) is 1.52. The van der Waals surface area contributed by atoms with Crippen LogP contribution in [0.15, 0.2) is 47.8 Å². The van der Waals surface area contributed by atoms with E-state index in [4.69, 9.17) is 10.5 Å². The molecule has 0 spiro atoms. The lowest BCUT2D eigenvalue weighted by molar-refractivity contribution is -0.141. The van der Waals surface area contributed by atoms with Crippen LogP contribution in [-0.4, -0.2) is 66.0 Å². The van der Waals surface area contributed by atoms with Crippen molar-refractivity contribution in [1.29, 1.82) is 0 Å². The number of ether oxygens (including phenoxy) is 1. The second kappa shape index (κ2) is 11.9. The molecule has 4 rings (SSSR count). The lowest BCUT2D eigenvalue weighted by Gasteiger charge is -2.30. The van der Waals surface area contributed by atoms with Gasteiger partial charge in [-0.15, -0.1) is 11.3 Å². The average molecular weight is 485 g/mol. The molecule has 3 N–H and O–H groups in total. The number of nitrogens with zero attached hydrogens (tertiary/aromatic N) is 2. The third-order valence-corrected chi connectivity index (χ3v) is 7.83. The second-order valence-electron chi connectivity index (χ2n) is 9.47. The molecule has 2 amide bonds. The van der Waals surface area contributed by atoms with Gasteiger partial charge in [-0.1, -0.05) is 36.4 Å². The van der Waals surface area contributed by atoms with E-state index in [0.717, 1.165) is 38.8 Å². The lowest BCUT2D eigenvalue weighted by atomic mass is 9.91. The molecule has 1 aromatic carbocycles. The molecule has 2 atom stereocenters. The Balaban J connectivity index is 1.50. The number of carbonyl (C=O) groups excluding carboxylic acids is 2. The maximum Gasteiger partial charge on any atom is 0.249 e. The molecule has 1 saturated carbocycles. The first-order chi connectivity index (χ1) is 16.5. The molecule has 1 aromatic heterocycles. The average Bonchev–Trinajstić information content (AvgIpc) is 3.51. The van der Waals surface area contributed by atoms with E-state index < -0.39 is 6.04 Å². The van der Waals surface area contributed by atoms with E-state index in [2.05, 4.69) is 39.9 Å². The number of rotatable bonds is 9. The van der Waals surface area contributed by atoms with Crippen LogP contribution in [0.25, 0.3) is 0 Å². The van der Waals surface area contributed by atoms with Crippen molar-refractivity contribution in [2.45, 2.75) is 69.4 Å². The molecule has 184 valence electrons. The monoisotopic (exact) mass is 484 g/mol. The molecule has 2 aromatic rings. The summed E-state index contributed by atoms with van der Waals surface area (Å²) in [6, 6.07) is 14.5. The molecule has 2 aliphatic rings. The van der Waals surface area contributed by atoms with E-state index in [1.165, 1.54) is 17.6 Å². The van der Waals surface area contributed by atoms with Crippen LogP contribution in [-0.2, 0) is 27.4 Å². The van der Waals surface area contributed by atoms with Crippen molar-refractivity contribution in [2.75, 3.05) is 20.3 Å². The Kier molecular flexibility index (Phi) is 8.72. The molecule has 1 saturated heterocycles. The first-order valence-corrected chi connectivity index (χ1v) is 13.1. The number of hydrogen-bond donors (Lipinski definition) is 2. The number of thiophene rings is 1. The van der Waals surface area contributed by atoms with Crippen molar-refractivity contribution in [3.8, 4) is 0 Å². The Bertz CT molecular complexity index is 915. The molecule has 1 aliphatic carbocycles. The molecule has 8 heteroatoms. The topological polar surface area (TPSA) is 87.9 Å². The minimum Gasteiger partial charge on any atom is -0.375 e. The summed E-state index contributed by atoms with van der Waals surface area (Å²) in [4.78, 5) is 31.7. The molecule has 7 nitrogen and oxygen atoms in total. The first kappa shape index (κ1) is 24.9. The van der Waals surface area contributed by atoms with E-state index >= 15 is 0 Å². The van der Waals surface area contributed by atoms with Crippen molar-refractivity contribution in [3.63, 3.8) is 0 Å². The fourth-order valence-corrected chi connectivity index (χ4v) is 5.83. The maximum atomic E-state index is 13.4. The number of likely N-dealkylation sites (tertiary alicyclic amines) is 1. The van der Waals surface area contributed by atoms with E-state index in [1.807, 2.05) is 18.2 Å². The maximum absolute atomic E-state index is 13.4. The third kappa shape index (κ3) is 6.44. The van der Waals surface area contributed by atoms with Crippen molar-refractivity contribution >= 4 is 23.2 Å². The Morgan fingerprint density at radius 3 is 2.56 bits per heavy atom. The second-order valence-corrected chi connectivity index (χ2v) is 10.5. The van der Waals surface area contributed by atoms with Crippen molar-refractivity contribution < 1.29 is 14.3 Å². The molecule has 0 radical (unpaired) electrons. The number of nitrogens with two attached hydrogens (primary N) is 1. The minimum absolute atomic E-state index is 0.0155. The largest absolute Gasteiger partial charge is 0.375 e. The van der Waals surface area contributed by atoms with Gasteiger partial charge in [0.05, 0.1) is 0 Å². The predicted molar refractivity (Wildman–Crippen MR) is 134 cm³/mol. The predicted octanol–water partition coefficient (Wildman–Crippen LogP) is 2.75. The number of amides is 2. The molecule has 1 aliphatic heterocycles. The molecule has 0 bridgehead atoms. The van der Waals surface area contributed by atoms with Crippen LogP contribution >= 0.6 is 11.3 Å². The Labute approximate surface area is 206 Å². The summed E-state index contributed by atoms with van der Waals surface area (Å²) < 4.78 is 5.13. The Morgan fingerprint density at radius 1 is 1.12 bits per heavy atom. The fraction of sp³-hybridized carbons (Fsp3) is 0.538. The summed E-state index contributed by atoms with van der Waals surface area (Å²) in [5, 5.41) is 5.31. The molecule has 2 unspecified atom stereocenters. The first-order valence-electron chi connectivity index (χ1n) is 12.2. The zero-order valence-electron chi connectivity index (χ0n) is 19.9. The van der Waals surface area contributed by atoms with Crippen molar-refractivity contribution in [2.24, 2.45) is 5.73 Å². The van der Waals surface area contributed by atoms with Gasteiger partial charge in [0, 0.05) is 49.7 Å². The lowest BCUT2D eigenvalue weighted by Crippen LogP contribution is -2.50. The summed E-state index contributed by atoms with van der Waals surface area (Å²) in [6.07, 6.45) is 4.26. The van der Waals surface area contributed by atoms with E-state index in [9.17, 15) is 9.59 Å². The van der Waals surface area contributed by atoms with Gasteiger partial charge in [-0.05, 0) is 49.1 Å². The smallest absolute Gasteiger partial charge is 0.249 e. The van der Waals surface area contributed by atoms with Gasteiger partial charge in [0.15, 0.2) is 0 Å². The number of carbonyl (C=O) groups is 2. The Hall–Kier alpha value is -2.26. The van der Waals surface area contributed by atoms with Gasteiger partial charge in [-0.3, -0.25) is 14.5 Å². The van der Waals surface area contributed by atoms with Gasteiger partial charge in [-0.25, -0.2) is 0 Å². The summed E-state index contributed by atoms with van der Waals surface area (Å²) >= 11 is 1.73. The molecule has 2 heterocycles. The number of nitrogens with one attached hydrogen (secondary N) is 1. The van der Waals surface area contributed by atoms with Gasteiger partial charge in [-0.2, -0.15) is 0 Å². The highest BCUT2D eigenvalue weighted by Gasteiger charge is 2.42. The van der Waals surface area contributed by atoms with E-state index in [0.29, 0.717) is 13.0 Å². The highest BCUT2D eigenvalue weighted by atomic mass is 32.1. The minimum atomic E-state index is -0.482. The van der Waals surface area contributed by atoms with Gasteiger partial charge in [0.25, 0.3) is 0 Å². The van der Waals surface area contributed by atoms with Gasteiger partial charge in [0.2, 0.25) is 11.8 Å². The summed E-state index contributed by atoms with van der Waals surface area (Å²) in [6.45, 7) is 2.06. The number of methoxy groups -OCH3 is 1. The molecular weight excluding hydrogens is 448 g/mol. The zero-order valence-corrected chi connectivity index (χ0v) is 20.7. The van der Waals surface area contributed by atoms with Crippen molar-refractivity contribution in [1.82, 2.24) is 15.1 Å². The van der Waals surface area contributed by atoms with E-state index in [-0.39, 0.29) is 36.5 Å². The number of benzene rings is 1. The normalized spacial score (nSPS) is 25.0. The molecule has 34 heavy (non-hydrogen) atoms. The van der Waals surface area contributed by atoms with Crippen LogP contribution in [0.5, 0.6) is 0 Å². The third-order valence-electron chi connectivity index (χ3n) is 6.97. The van der Waals surface area contributed by atoms with E-state index in [1.54, 1.807) is 16.2 Å². The highest BCUT2D eigenvalue weighted by Crippen LogP contribution is 2.28. The van der Waals surface area contributed by atoms with Gasteiger partial charge in [0.1, 0.15) is 12.6 Å². The highest BCUT2D eigenvalue weighted by molar-refractivity contribution is 7.09. The van der Waals surface area contributed by atoms with Crippen LogP contribution in [0.2, 0.25) is 0 Å². The standard InChI is InChI=1S/C26H36N4O3S/c1-33-18-25(31)30-16-22(14-24(30)26(32)28-21-11-9-20(27)10-12-21)29(17-23-8-5-13-34-23)15-19-6-3-2-4-7-19/h2-8,13,20-22,24H,9-12,14-18,27H2,1H3,(H,28,32). The zero-order chi connectivity index (χ0) is 23.9. The summed E-state index contributed by atoms with van der Waals surface area (Å²) in [5.41, 5.74) is 7.25. The fourth-order valence-electron chi connectivity index (χ4n) is 5.10. The van der Waals surface area contributed by atoms with Crippen LogP contribution in [0, 0.1) is 0 Å². The van der Waals surface area contributed by atoms with Crippen LogP contribution in [0.1, 0.15) is 42.5 Å². The summed E-state index contributed by atoms with van der Waals surface area (Å²) in [5.74, 6) is -0.185. The van der Waals surface area contributed by atoms with Gasteiger partial charge >= 0.3 is 0 Å². The van der Waals surface area contributed by atoms with Gasteiger partial charge < -0.3 is 20.7 Å². The molecule has 2 fully saturated rings.